The third-order valence-electron chi connectivity index (χ3n) is 7.61. The van der Waals surface area contributed by atoms with Crippen molar-refractivity contribution < 1.29 is 24.2 Å². The van der Waals surface area contributed by atoms with Gasteiger partial charge in [-0.2, -0.15) is 0 Å². The van der Waals surface area contributed by atoms with Gasteiger partial charge < -0.3 is 14.6 Å². The Bertz CT molecular complexity index is 752. The van der Waals surface area contributed by atoms with Crippen molar-refractivity contribution in [2.24, 2.45) is 0 Å². The number of rotatable bonds is 32. The molecule has 0 radical (unpaired) electrons. The largest absolute Gasteiger partial charge is 0.462 e. The van der Waals surface area contributed by atoms with Gasteiger partial charge in [0.05, 0.1) is 6.61 Å². The summed E-state index contributed by atoms with van der Waals surface area (Å²) < 4.78 is 10.6. The van der Waals surface area contributed by atoms with Gasteiger partial charge in [-0.05, 0) is 70.6 Å². The van der Waals surface area contributed by atoms with E-state index in [4.69, 9.17) is 9.47 Å². The van der Waals surface area contributed by atoms with Gasteiger partial charge in [0.1, 0.15) is 6.61 Å². The maximum absolute atomic E-state index is 12.1. The number of aliphatic hydroxyl groups excluding tert-OH is 1. The van der Waals surface area contributed by atoms with Gasteiger partial charge in [0.15, 0.2) is 6.10 Å². The van der Waals surface area contributed by atoms with Gasteiger partial charge in [0.2, 0.25) is 0 Å². The number of aliphatic hydroxyl groups is 1. The van der Waals surface area contributed by atoms with Gasteiger partial charge in [-0.15, -0.1) is 0 Å². The summed E-state index contributed by atoms with van der Waals surface area (Å²) in [7, 11) is 0. The van der Waals surface area contributed by atoms with E-state index in [9.17, 15) is 14.7 Å². The van der Waals surface area contributed by atoms with Crippen LogP contribution < -0.4 is 0 Å². The highest BCUT2D eigenvalue weighted by molar-refractivity contribution is 5.70. The molecule has 0 aromatic rings. The van der Waals surface area contributed by atoms with Crippen molar-refractivity contribution in [2.45, 2.75) is 174 Å². The van der Waals surface area contributed by atoms with Gasteiger partial charge in [0.25, 0.3) is 0 Å². The fourth-order valence-corrected chi connectivity index (χ4v) is 4.86. The number of allylic oxidation sites excluding steroid dienone is 8. The molecule has 0 heterocycles. The third kappa shape index (κ3) is 32.8. The molecule has 0 aliphatic carbocycles. The molecule has 0 saturated carbocycles. The first kappa shape index (κ1) is 41.9. The first-order valence-corrected chi connectivity index (χ1v) is 18.2. The Balaban J connectivity index is 3.62. The second-order valence-electron chi connectivity index (χ2n) is 11.9. The van der Waals surface area contributed by atoms with Crippen LogP contribution in [0.5, 0.6) is 0 Å². The molecule has 0 aromatic carbocycles. The molecular formula is C39H68O5. The van der Waals surface area contributed by atoms with Crippen LogP contribution in [0.1, 0.15) is 168 Å². The van der Waals surface area contributed by atoms with Gasteiger partial charge in [0, 0.05) is 12.8 Å². The average molecular weight is 617 g/mol. The number of hydrogen-bond acceptors (Lipinski definition) is 5. The summed E-state index contributed by atoms with van der Waals surface area (Å²) in [5.41, 5.74) is 0. The molecular weight excluding hydrogens is 548 g/mol. The predicted octanol–water partition coefficient (Wildman–Crippen LogP) is 11.1. The Kier molecular flexibility index (Phi) is 33.6. The fraction of sp³-hybridized carbons (Fsp3) is 0.744. The highest BCUT2D eigenvalue weighted by Gasteiger charge is 2.16. The summed E-state index contributed by atoms with van der Waals surface area (Å²) in [6.07, 6.45) is 43.1. The zero-order chi connectivity index (χ0) is 32.2. The second kappa shape index (κ2) is 35.3. The lowest BCUT2D eigenvalue weighted by Crippen LogP contribution is -2.28. The number of ether oxygens (including phenoxy) is 2. The molecule has 1 unspecified atom stereocenters. The summed E-state index contributed by atoms with van der Waals surface area (Å²) in [4.78, 5) is 24.2. The molecule has 5 heteroatoms. The Hall–Kier alpha value is -2.14. The SMILES string of the molecule is CC/C=C/C/C=C/C/C=C/CCCCCCCC(=O)OC(CO)COC(=O)CCCCCCC/C=C/CCCCCCCC. The minimum Gasteiger partial charge on any atom is -0.462 e. The molecule has 0 rings (SSSR count). The van der Waals surface area contributed by atoms with E-state index in [0.717, 1.165) is 77.0 Å². The zero-order valence-corrected chi connectivity index (χ0v) is 28.7. The number of carbonyl (C=O) groups excluding carboxylic acids is 2. The molecule has 0 aliphatic rings. The highest BCUT2D eigenvalue weighted by atomic mass is 16.6. The van der Waals surface area contributed by atoms with E-state index < -0.39 is 6.10 Å². The van der Waals surface area contributed by atoms with Crippen LogP contribution >= 0.6 is 0 Å². The minimum absolute atomic E-state index is 0.0780. The van der Waals surface area contributed by atoms with E-state index in [1.807, 2.05) is 0 Å². The molecule has 0 saturated heterocycles. The van der Waals surface area contributed by atoms with Crippen molar-refractivity contribution in [1.82, 2.24) is 0 Å². The smallest absolute Gasteiger partial charge is 0.306 e. The third-order valence-corrected chi connectivity index (χ3v) is 7.61. The zero-order valence-electron chi connectivity index (χ0n) is 28.7. The van der Waals surface area contributed by atoms with Crippen LogP contribution in [0.15, 0.2) is 48.6 Å². The summed E-state index contributed by atoms with van der Waals surface area (Å²) in [6.45, 7) is 3.98. The van der Waals surface area contributed by atoms with E-state index in [-0.39, 0.29) is 25.2 Å². The van der Waals surface area contributed by atoms with Crippen LogP contribution in [0.3, 0.4) is 0 Å². The molecule has 44 heavy (non-hydrogen) atoms. The molecule has 1 atom stereocenters. The van der Waals surface area contributed by atoms with Gasteiger partial charge in [-0.1, -0.05) is 133 Å². The molecule has 254 valence electrons. The van der Waals surface area contributed by atoms with Crippen molar-refractivity contribution >= 4 is 11.9 Å². The van der Waals surface area contributed by atoms with Crippen molar-refractivity contribution in [2.75, 3.05) is 13.2 Å². The second-order valence-corrected chi connectivity index (χ2v) is 11.9. The normalized spacial score (nSPS) is 12.7. The van der Waals surface area contributed by atoms with Crippen LogP contribution in [-0.4, -0.2) is 36.4 Å². The maximum Gasteiger partial charge on any atom is 0.306 e. The van der Waals surface area contributed by atoms with E-state index in [1.165, 1.54) is 64.2 Å². The number of unbranched alkanes of at least 4 members (excludes halogenated alkanes) is 16. The number of hydrogen-bond donors (Lipinski definition) is 1. The summed E-state index contributed by atoms with van der Waals surface area (Å²) >= 11 is 0. The summed E-state index contributed by atoms with van der Waals surface area (Å²) in [5.74, 6) is -0.623. The molecule has 5 nitrogen and oxygen atoms in total. The minimum atomic E-state index is -0.782. The highest BCUT2D eigenvalue weighted by Crippen LogP contribution is 2.12. The van der Waals surface area contributed by atoms with E-state index >= 15 is 0 Å². The van der Waals surface area contributed by atoms with E-state index in [0.29, 0.717) is 12.8 Å². The van der Waals surface area contributed by atoms with Crippen LogP contribution in [0.25, 0.3) is 0 Å². The molecule has 0 bridgehead atoms. The Labute approximate surface area is 271 Å². The molecule has 1 N–H and O–H groups in total. The van der Waals surface area contributed by atoms with Crippen molar-refractivity contribution in [1.29, 1.82) is 0 Å². The molecule has 0 amide bonds. The number of carbonyl (C=O) groups is 2. The average Bonchev–Trinajstić information content (AvgIpc) is 3.02. The fourth-order valence-electron chi connectivity index (χ4n) is 4.86. The standard InChI is InChI=1S/C39H68O5/c1-3-5-7-9-11-13-15-17-19-21-23-25-27-29-31-33-38(41)43-36-37(35-40)44-39(42)34-32-30-28-26-24-22-20-18-16-14-12-10-8-6-4-2/h6,8,12,14,17-20,37,40H,3-5,7,9-11,13,15-16,21-36H2,1-2H3/b8-6+,14-12+,19-17+,20-18+. The quantitative estimate of drug-likeness (QED) is 0.0462. The van der Waals surface area contributed by atoms with Gasteiger partial charge in [-0.3, -0.25) is 9.59 Å². The lowest BCUT2D eigenvalue weighted by Gasteiger charge is -2.15. The Morgan fingerprint density at radius 2 is 0.977 bits per heavy atom. The maximum atomic E-state index is 12.1. The molecule has 0 aromatic heterocycles. The predicted molar refractivity (Wildman–Crippen MR) is 187 cm³/mol. The number of esters is 2. The lowest BCUT2D eigenvalue weighted by molar-refractivity contribution is -0.161. The summed E-state index contributed by atoms with van der Waals surface area (Å²) in [5, 5.41) is 9.52. The topological polar surface area (TPSA) is 72.8 Å². The van der Waals surface area contributed by atoms with E-state index in [1.54, 1.807) is 0 Å². The molecule has 0 spiro atoms. The van der Waals surface area contributed by atoms with Crippen LogP contribution in [0.4, 0.5) is 0 Å². The van der Waals surface area contributed by atoms with Crippen molar-refractivity contribution in [3.8, 4) is 0 Å². The Morgan fingerprint density at radius 3 is 1.50 bits per heavy atom. The van der Waals surface area contributed by atoms with Crippen molar-refractivity contribution in [3.05, 3.63) is 48.6 Å². The van der Waals surface area contributed by atoms with Crippen molar-refractivity contribution in [3.63, 3.8) is 0 Å². The van der Waals surface area contributed by atoms with E-state index in [2.05, 4.69) is 62.5 Å². The molecule has 0 fully saturated rings. The monoisotopic (exact) mass is 617 g/mol. The molecule has 0 aliphatic heterocycles. The first-order chi connectivity index (χ1) is 21.6. The first-order valence-electron chi connectivity index (χ1n) is 18.2. The lowest BCUT2D eigenvalue weighted by atomic mass is 10.1. The van der Waals surface area contributed by atoms with Crippen LogP contribution in [-0.2, 0) is 19.1 Å². The summed E-state index contributed by atoms with van der Waals surface area (Å²) in [6, 6.07) is 0. The van der Waals surface area contributed by atoms with Gasteiger partial charge >= 0.3 is 11.9 Å². The van der Waals surface area contributed by atoms with Crippen LogP contribution in [0, 0.1) is 0 Å². The van der Waals surface area contributed by atoms with Crippen LogP contribution in [0.2, 0.25) is 0 Å². The van der Waals surface area contributed by atoms with Gasteiger partial charge in [-0.25, -0.2) is 0 Å². The Morgan fingerprint density at radius 1 is 0.545 bits per heavy atom.